The van der Waals surface area contributed by atoms with Crippen LogP contribution >= 0.6 is 11.8 Å². The molecule has 1 amide bonds. The molecule has 2 aromatic rings. The minimum absolute atomic E-state index is 0.0281. The van der Waals surface area contributed by atoms with Crippen LogP contribution in [-0.4, -0.2) is 63.0 Å². The number of carbonyl (C=O) groups is 1. The molecule has 13 heteroatoms. The fraction of sp³-hybridized carbons (Fsp3) is 0.429. The van der Waals surface area contributed by atoms with E-state index in [1.165, 1.54) is 32.3 Å². The van der Waals surface area contributed by atoms with Crippen LogP contribution in [0.15, 0.2) is 32.7 Å². The number of nitrogens with one attached hydrogen (secondary N) is 1. The summed E-state index contributed by atoms with van der Waals surface area (Å²) in [6.07, 6.45) is -5.76. The molecule has 0 aliphatic carbocycles. The van der Waals surface area contributed by atoms with E-state index in [4.69, 9.17) is 4.42 Å². The standard InChI is InChI=1S/C14H16F3N3O5S2/c1-20(2)27(22,23)9-3-4-11-10(7-9)19-13(25-11)26-6-5-18-12(21)24-8-14(15,16)17/h3-4,7H,5-6,8H2,1-2H3,(H,18,21). The first-order valence-electron chi connectivity index (χ1n) is 7.42. The highest BCUT2D eigenvalue weighted by molar-refractivity contribution is 7.99. The third kappa shape index (κ3) is 6.01. The first-order valence-corrected chi connectivity index (χ1v) is 9.85. The van der Waals surface area contributed by atoms with Crippen LogP contribution in [-0.2, 0) is 14.8 Å². The van der Waals surface area contributed by atoms with E-state index in [0.717, 1.165) is 16.1 Å². The Kier molecular flexibility index (Phi) is 6.59. The third-order valence-electron chi connectivity index (χ3n) is 3.08. The maximum absolute atomic E-state index is 12.1. The van der Waals surface area contributed by atoms with E-state index in [1.807, 2.05) is 0 Å². The number of oxazole rings is 1. The van der Waals surface area contributed by atoms with Gasteiger partial charge in [0.05, 0.1) is 4.90 Å². The predicted octanol–water partition coefficient (Wildman–Crippen LogP) is 2.46. The van der Waals surface area contributed by atoms with E-state index < -0.39 is 28.9 Å². The van der Waals surface area contributed by atoms with Gasteiger partial charge in [-0.15, -0.1) is 0 Å². The van der Waals surface area contributed by atoms with Crippen LogP contribution in [0.4, 0.5) is 18.0 Å². The van der Waals surface area contributed by atoms with Crippen molar-refractivity contribution in [3.63, 3.8) is 0 Å². The lowest BCUT2D eigenvalue weighted by atomic mass is 10.3. The zero-order valence-corrected chi connectivity index (χ0v) is 15.9. The van der Waals surface area contributed by atoms with Gasteiger partial charge in [-0.3, -0.25) is 0 Å². The number of thioether (sulfide) groups is 1. The number of rotatable bonds is 7. The highest BCUT2D eigenvalue weighted by Crippen LogP contribution is 2.26. The number of nitrogens with zero attached hydrogens (tertiary/aromatic N) is 2. The Morgan fingerprint density at radius 2 is 2.07 bits per heavy atom. The summed E-state index contributed by atoms with van der Waals surface area (Å²) in [5.41, 5.74) is 0.728. The fourth-order valence-electron chi connectivity index (χ4n) is 1.81. The minimum atomic E-state index is -4.58. The molecule has 0 atom stereocenters. The second-order valence-corrected chi connectivity index (χ2v) is 8.56. The quantitative estimate of drug-likeness (QED) is 0.535. The van der Waals surface area contributed by atoms with Gasteiger partial charge in [0, 0.05) is 26.4 Å². The van der Waals surface area contributed by atoms with Crippen molar-refractivity contribution in [2.45, 2.75) is 16.3 Å². The number of hydrogen-bond acceptors (Lipinski definition) is 7. The van der Waals surface area contributed by atoms with Crippen LogP contribution in [0.2, 0.25) is 0 Å². The van der Waals surface area contributed by atoms with Crippen molar-refractivity contribution < 1.29 is 35.5 Å². The van der Waals surface area contributed by atoms with Crippen LogP contribution in [0.1, 0.15) is 0 Å². The van der Waals surface area contributed by atoms with E-state index in [1.54, 1.807) is 0 Å². The Bertz CT molecular complexity index is 912. The molecular weight excluding hydrogens is 411 g/mol. The zero-order chi connectivity index (χ0) is 20.2. The predicted molar refractivity (Wildman–Crippen MR) is 91.0 cm³/mol. The van der Waals surface area contributed by atoms with Crippen molar-refractivity contribution in [3.05, 3.63) is 18.2 Å². The molecule has 0 saturated carbocycles. The van der Waals surface area contributed by atoms with Crippen LogP contribution in [0.3, 0.4) is 0 Å². The summed E-state index contributed by atoms with van der Waals surface area (Å²) >= 11 is 1.10. The molecule has 8 nitrogen and oxygen atoms in total. The van der Waals surface area contributed by atoms with Crippen molar-refractivity contribution >= 4 is 39.0 Å². The summed E-state index contributed by atoms with van der Waals surface area (Å²) in [6, 6.07) is 4.26. The monoisotopic (exact) mass is 427 g/mol. The molecule has 27 heavy (non-hydrogen) atoms. The summed E-state index contributed by atoms with van der Waals surface area (Å²) in [7, 11) is -0.776. The Labute approximate surface area is 157 Å². The summed E-state index contributed by atoms with van der Waals surface area (Å²) in [5, 5.41) is 2.40. The van der Waals surface area contributed by atoms with Gasteiger partial charge in [0.1, 0.15) is 5.52 Å². The van der Waals surface area contributed by atoms with Gasteiger partial charge >= 0.3 is 12.3 Å². The number of alkyl halides is 3. The number of halogens is 3. The number of alkyl carbamates (subject to hydrolysis) is 1. The Morgan fingerprint density at radius 3 is 2.70 bits per heavy atom. The van der Waals surface area contributed by atoms with Crippen molar-refractivity contribution in [1.82, 2.24) is 14.6 Å². The SMILES string of the molecule is CN(C)S(=O)(=O)c1ccc2oc(SCCNC(=O)OCC(F)(F)F)nc2c1. The fourth-order valence-corrected chi connectivity index (χ4v) is 3.42. The number of benzene rings is 1. The largest absolute Gasteiger partial charge is 0.440 e. The molecule has 0 aliphatic heterocycles. The topological polar surface area (TPSA) is 102 Å². The van der Waals surface area contributed by atoms with Gasteiger partial charge in [0.2, 0.25) is 10.0 Å². The van der Waals surface area contributed by atoms with E-state index in [-0.39, 0.29) is 22.4 Å². The van der Waals surface area contributed by atoms with Crippen LogP contribution in [0, 0.1) is 0 Å². The Hall–Kier alpha value is -1.99. The third-order valence-corrected chi connectivity index (χ3v) is 5.72. The molecule has 0 unspecified atom stereocenters. The lowest BCUT2D eigenvalue weighted by molar-refractivity contribution is -0.160. The van der Waals surface area contributed by atoms with Crippen LogP contribution in [0.5, 0.6) is 0 Å². The summed E-state index contributed by atoms with van der Waals surface area (Å²) in [6.45, 7) is -1.63. The van der Waals surface area contributed by atoms with Gasteiger partial charge in [-0.1, -0.05) is 11.8 Å². The number of ether oxygens (including phenoxy) is 1. The Morgan fingerprint density at radius 1 is 1.37 bits per heavy atom. The first-order chi connectivity index (χ1) is 12.5. The lowest BCUT2D eigenvalue weighted by Gasteiger charge is -2.10. The molecule has 2 rings (SSSR count). The molecule has 0 radical (unpaired) electrons. The second-order valence-electron chi connectivity index (χ2n) is 5.36. The second kappa shape index (κ2) is 8.35. The molecule has 0 aliphatic rings. The lowest BCUT2D eigenvalue weighted by Crippen LogP contribution is -2.30. The molecular formula is C14H16F3N3O5S2. The number of sulfonamides is 1. The minimum Gasteiger partial charge on any atom is -0.440 e. The number of aromatic nitrogens is 1. The summed E-state index contributed by atoms with van der Waals surface area (Å²) in [5.74, 6) is 0.261. The molecule has 1 N–H and O–H groups in total. The highest BCUT2D eigenvalue weighted by Gasteiger charge is 2.29. The number of amides is 1. The average Bonchev–Trinajstić information content (AvgIpc) is 2.98. The zero-order valence-electron chi connectivity index (χ0n) is 14.2. The normalized spacial score (nSPS) is 12.5. The smallest absolute Gasteiger partial charge is 0.422 e. The number of hydrogen-bond donors (Lipinski definition) is 1. The van der Waals surface area contributed by atoms with Gasteiger partial charge in [0.15, 0.2) is 12.2 Å². The average molecular weight is 427 g/mol. The Balaban J connectivity index is 1.90. The number of fused-ring (bicyclic) bond motifs is 1. The molecule has 1 aromatic carbocycles. The van der Waals surface area contributed by atoms with Crippen LogP contribution in [0.25, 0.3) is 11.1 Å². The molecule has 0 spiro atoms. The molecule has 0 saturated heterocycles. The van der Waals surface area contributed by atoms with Crippen molar-refractivity contribution in [1.29, 1.82) is 0 Å². The van der Waals surface area contributed by atoms with Crippen molar-refractivity contribution in [3.8, 4) is 0 Å². The van der Waals surface area contributed by atoms with E-state index >= 15 is 0 Å². The van der Waals surface area contributed by atoms with Crippen molar-refractivity contribution in [2.24, 2.45) is 0 Å². The van der Waals surface area contributed by atoms with Gasteiger partial charge in [-0.25, -0.2) is 22.5 Å². The van der Waals surface area contributed by atoms with Gasteiger partial charge in [-0.05, 0) is 18.2 Å². The van der Waals surface area contributed by atoms with E-state index in [2.05, 4.69) is 15.0 Å². The summed E-state index contributed by atoms with van der Waals surface area (Å²) < 4.78 is 70.4. The van der Waals surface area contributed by atoms with E-state index in [0.29, 0.717) is 11.1 Å². The van der Waals surface area contributed by atoms with E-state index in [9.17, 15) is 26.4 Å². The van der Waals surface area contributed by atoms with Crippen molar-refractivity contribution in [2.75, 3.05) is 33.0 Å². The molecule has 150 valence electrons. The van der Waals surface area contributed by atoms with Gasteiger partial charge in [-0.2, -0.15) is 13.2 Å². The highest BCUT2D eigenvalue weighted by atomic mass is 32.2. The maximum atomic E-state index is 12.1. The summed E-state index contributed by atoms with van der Waals surface area (Å²) in [4.78, 5) is 15.3. The number of carbonyl (C=O) groups excluding carboxylic acids is 1. The first kappa shape index (κ1) is 21.3. The van der Waals surface area contributed by atoms with Gasteiger partial charge < -0.3 is 14.5 Å². The molecule has 0 bridgehead atoms. The maximum Gasteiger partial charge on any atom is 0.422 e. The molecule has 1 aromatic heterocycles. The molecule has 1 heterocycles. The van der Waals surface area contributed by atoms with Gasteiger partial charge in [0.25, 0.3) is 5.22 Å². The van der Waals surface area contributed by atoms with Crippen LogP contribution < -0.4 is 5.32 Å². The molecule has 0 fully saturated rings.